The van der Waals surface area contributed by atoms with Crippen LogP contribution in [0.4, 0.5) is 39.5 Å². The first kappa shape index (κ1) is 28.6. The van der Waals surface area contributed by atoms with E-state index in [-0.39, 0.29) is 23.8 Å². The Labute approximate surface area is 217 Å². The van der Waals surface area contributed by atoms with Crippen LogP contribution < -0.4 is 9.47 Å². The van der Waals surface area contributed by atoms with Crippen LogP contribution in [0.15, 0.2) is 48.5 Å². The Kier molecular flexibility index (Phi) is 8.06. The molecule has 0 saturated carbocycles. The Balaban J connectivity index is 1.54. The highest BCUT2D eigenvalue weighted by atomic mass is 19.4. The molecule has 0 aromatic heterocycles. The van der Waals surface area contributed by atoms with Gasteiger partial charge in [0.25, 0.3) is 0 Å². The second kappa shape index (κ2) is 11.0. The van der Waals surface area contributed by atoms with E-state index in [1.165, 1.54) is 0 Å². The zero-order valence-electron chi connectivity index (χ0n) is 20.2. The summed E-state index contributed by atoms with van der Waals surface area (Å²) >= 11 is 0. The molecule has 0 bridgehead atoms. The molecule has 3 aromatic carbocycles. The molecule has 3 nitrogen and oxygen atoms in total. The van der Waals surface area contributed by atoms with Gasteiger partial charge in [0, 0.05) is 12.1 Å². The molecule has 4 rings (SSSR count). The molecule has 3 aromatic rings. The van der Waals surface area contributed by atoms with Gasteiger partial charge in [-0.15, -0.1) is 13.2 Å². The summed E-state index contributed by atoms with van der Waals surface area (Å²) in [5, 5.41) is 0. The first-order chi connectivity index (χ1) is 18.3. The third-order valence-corrected chi connectivity index (χ3v) is 6.33. The summed E-state index contributed by atoms with van der Waals surface area (Å²) in [6.07, 6.45) is -7.56. The quantitative estimate of drug-likeness (QED) is 0.269. The minimum absolute atomic E-state index is 0.0395. The van der Waals surface area contributed by atoms with Crippen molar-refractivity contribution in [3.8, 4) is 22.6 Å². The SMILES string of the molecule is CCC1CCC(c2ccc(-c3cc(F)c(C(F)(F)Oc4cc(F)c(OC(F)(F)F)c(F)c4)c(F)c3)cc2)OC1. The van der Waals surface area contributed by atoms with Crippen molar-refractivity contribution in [2.75, 3.05) is 6.61 Å². The van der Waals surface area contributed by atoms with Gasteiger partial charge in [-0.3, -0.25) is 0 Å². The van der Waals surface area contributed by atoms with Crippen molar-refractivity contribution in [2.24, 2.45) is 5.92 Å². The molecule has 2 unspecified atom stereocenters. The smallest absolute Gasteiger partial charge is 0.429 e. The van der Waals surface area contributed by atoms with Crippen molar-refractivity contribution in [3.05, 3.63) is 82.9 Å². The van der Waals surface area contributed by atoms with E-state index in [9.17, 15) is 39.5 Å². The van der Waals surface area contributed by atoms with Crippen molar-refractivity contribution < 1.29 is 53.7 Å². The summed E-state index contributed by atoms with van der Waals surface area (Å²) in [5.74, 6) is -10.3. The monoisotopic (exact) mass is 564 g/mol. The Hall–Kier alpha value is -3.41. The zero-order chi connectivity index (χ0) is 28.5. The van der Waals surface area contributed by atoms with Crippen LogP contribution >= 0.6 is 0 Å². The Morgan fingerprint density at radius 2 is 1.36 bits per heavy atom. The van der Waals surface area contributed by atoms with Crippen molar-refractivity contribution in [1.29, 1.82) is 0 Å². The Morgan fingerprint density at radius 1 is 0.769 bits per heavy atom. The summed E-state index contributed by atoms with van der Waals surface area (Å²) in [4.78, 5) is 0. The van der Waals surface area contributed by atoms with Crippen LogP contribution in [-0.2, 0) is 10.8 Å². The Bertz CT molecular complexity index is 1270. The zero-order valence-corrected chi connectivity index (χ0v) is 20.2. The van der Waals surface area contributed by atoms with E-state index in [2.05, 4.69) is 16.4 Å². The van der Waals surface area contributed by atoms with Crippen molar-refractivity contribution in [3.63, 3.8) is 0 Å². The van der Waals surface area contributed by atoms with Gasteiger partial charge >= 0.3 is 12.5 Å². The van der Waals surface area contributed by atoms with Crippen LogP contribution in [0.2, 0.25) is 0 Å². The van der Waals surface area contributed by atoms with E-state index in [4.69, 9.17) is 4.74 Å². The Morgan fingerprint density at radius 3 is 1.85 bits per heavy atom. The standard InChI is InChI=1S/C27H21F9O3/c1-2-14-3-8-23(37-13-14)16-6-4-15(5-7-16)17-9-19(28)24(20(29)10-17)26(32,33)38-18-11-21(30)25(22(31)12-18)39-27(34,35)36/h4-7,9-12,14,23H,2-3,8,13H2,1H3. The molecule has 0 radical (unpaired) electrons. The lowest BCUT2D eigenvalue weighted by Crippen LogP contribution is -2.25. The van der Waals surface area contributed by atoms with Crippen LogP contribution in [-0.4, -0.2) is 13.0 Å². The number of rotatable bonds is 7. The summed E-state index contributed by atoms with van der Waals surface area (Å²) in [7, 11) is 0. The van der Waals surface area contributed by atoms with Gasteiger partial charge in [0.2, 0.25) is 5.75 Å². The second-order valence-corrected chi connectivity index (χ2v) is 8.99. The highest BCUT2D eigenvalue weighted by Crippen LogP contribution is 2.40. The number of halogens is 9. The molecule has 1 heterocycles. The van der Waals surface area contributed by atoms with Crippen LogP contribution in [0, 0.1) is 29.2 Å². The molecule has 1 aliphatic heterocycles. The van der Waals surface area contributed by atoms with Gasteiger partial charge in [-0.25, -0.2) is 17.6 Å². The van der Waals surface area contributed by atoms with Gasteiger partial charge < -0.3 is 14.2 Å². The largest absolute Gasteiger partial charge is 0.573 e. The molecule has 0 amide bonds. The minimum Gasteiger partial charge on any atom is -0.429 e. The highest BCUT2D eigenvalue weighted by molar-refractivity contribution is 5.64. The molecule has 12 heteroatoms. The van der Waals surface area contributed by atoms with E-state index in [1.807, 2.05) is 0 Å². The highest BCUT2D eigenvalue weighted by Gasteiger charge is 2.42. The maximum Gasteiger partial charge on any atom is 0.573 e. The fourth-order valence-electron chi connectivity index (χ4n) is 4.31. The molecule has 1 fully saturated rings. The molecule has 0 aliphatic carbocycles. The molecule has 0 spiro atoms. The maximum atomic E-state index is 14.7. The van der Waals surface area contributed by atoms with Gasteiger partial charge in [-0.05, 0) is 47.6 Å². The second-order valence-electron chi connectivity index (χ2n) is 8.99. The number of ether oxygens (including phenoxy) is 3. The summed E-state index contributed by atoms with van der Waals surface area (Å²) in [6.45, 7) is 2.71. The first-order valence-corrected chi connectivity index (χ1v) is 11.8. The number of alkyl halides is 5. The van der Waals surface area contributed by atoms with Gasteiger partial charge in [-0.1, -0.05) is 37.6 Å². The summed E-state index contributed by atoms with van der Waals surface area (Å²) < 4.78 is 136. The molecular weight excluding hydrogens is 543 g/mol. The molecule has 39 heavy (non-hydrogen) atoms. The average molecular weight is 564 g/mol. The van der Waals surface area contributed by atoms with E-state index in [0.717, 1.165) is 24.8 Å². The fourth-order valence-corrected chi connectivity index (χ4v) is 4.31. The van der Waals surface area contributed by atoms with Crippen LogP contribution in [0.3, 0.4) is 0 Å². The molecule has 1 aliphatic rings. The van der Waals surface area contributed by atoms with E-state index >= 15 is 0 Å². The van der Waals surface area contributed by atoms with Gasteiger partial charge in [0.05, 0.1) is 12.7 Å². The molecule has 1 saturated heterocycles. The lowest BCUT2D eigenvalue weighted by molar-refractivity contribution is -0.276. The third-order valence-electron chi connectivity index (χ3n) is 6.33. The van der Waals surface area contributed by atoms with Crippen molar-refractivity contribution in [1.82, 2.24) is 0 Å². The topological polar surface area (TPSA) is 27.7 Å². The van der Waals surface area contributed by atoms with Gasteiger partial charge in [-0.2, -0.15) is 8.78 Å². The lowest BCUT2D eigenvalue weighted by Gasteiger charge is -2.28. The molecule has 210 valence electrons. The molecular formula is C27H21F9O3. The van der Waals surface area contributed by atoms with E-state index in [1.54, 1.807) is 24.3 Å². The van der Waals surface area contributed by atoms with Crippen LogP contribution in [0.5, 0.6) is 11.5 Å². The third kappa shape index (κ3) is 6.60. The maximum absolute atomic E-state index is 14.7. The predicted octanol–water partition coefficient (Wildman–Crippen LogP) is 8.81. The van der Waals surface area contributed by atoms with Crippen LogP contribution in [0.25, 0.3) is 11.1 Å². The van der Waals surface area contributed by atoms with E-state index < -0.39 is 52.8 Å². The van der Waals surface area contributed by atoms with Crippen molar-refractivity contribution in [2.45, 2.75) is 44.8 Å². The van der Waals surface area contributed by atoms with Gasteiger partial charge in [0.1, 0.15) is 22.9 Å². The van der Waals surface area contributed by atoms with Crippen molar-refractivity contribution >= 4 is 0 Å². The molecule has 2 atom stereocenters. The average Bonchev–Trinajstić information content (AvgIpc) is 2.85. The van der Waals surface area contributed by atoms with Gasteiger partial charge in [0.15, 0.2) is 11.6 Å². The number of hydrogen-bond acceptors (Lipinski definition) is 3. The number of hydrogen-bond donors (Lipinski definition) is 0. The van der Waals surface area contributed by atoms with Crippen LogP contribution in [0.1, 0.15) is 43.4 Å². The first-order valence-electron chi connectivity index (χ1n) is 11.8. The van der Waals surface area contributed by atoms with E-state index in [0.29, 0.717) is 30.2 Å². The summed E-state index contributed by atoms with van der Waals surface area (Å²) in [6, 6.07) is 7.73. The minimum atomic E-state index is -5.47. The summed E-state index contributed by atoms with van der Waals surface area (Å²) in [5.41, 5.74) is -0.756. The normalized spacial score (nSPS) is 18.2. The predicted molar refractivity (Wildman–Crippen MR) is 121 cm³/mol. The fraction of sp³-hybridized carbons (Fsp3) is 0.333. The lowest BCUT2D eigenvalue weighted by atomic mass is 9.92. The number of benzene rings is 3. The molecule has 0 N–H and O–H groups in total.